The highest BCUT2D eigenvalue weighted by Crippen LogP contribution is 2.15. The van der Waals surface area contributed by atoms with E-state index in [0.29, 0.717) is 11.3 Å². The molecule has 0 aromatic heterocycles. The highest BCUT2D eigenvalue weighted by atomic mass is 16.5. The second-order valence-electron chi connectivity index (χ2n) is 4.34. The van der Waals surface area contributed by atoms with Gasteiger partial charge in [-0.05, 0) is 26.0 Å². The molecule has 0 spiro atoms. The van der Waals surface area contributed by atoms with Crippen molar-refractivity contribution >= 4 is 29.3 Å². The molecule has 1 aromatic carbocycles. The number of rotatable bonds is 7. The molecular formula is C16H17NO6. The summed E-state index contributed by atoms with van der Waals surface area (Å²) in [5.41, 5.74) is 0.692. The Morgan fingerprint density at radius 2 is 1.65 bits per heavy atom. The second-order valence-corrected chi connectivity index (χ2v) is 4.34. The number of esters is 2. The monoisotopic (exact) mass is 319 g/mol. The second kappa shape index (κ2) is 9.14. The van der Waals surface area contributed by atoms with Crippen LogP contribution in [0.4, 0.5) is 5.69 Å². The van der Waals surface area contributed by atoms with E-state index in [1.807, 2.05) is 0 Å². The van der Waals surface area contributed by atoms with Crippen molar-refractivity contribution in [3.8, 4) is 0 Å². The fourth-order valence-electron chi connectivity index (χ4n) is 1.60. The molecular weight excluding hydrogens is 302 g/mol. The van der Waals surface area contributed by atoms with Crippen LogP contribution in [0.15, 0.2) is 36.4 Å². The molecule has 0 aliphatic rings. The number of para-hydroxylation sites is 1. The van der Waals surface area contributed by atoms with Crippen LogP contribution in [-0.2, 0) is 23.9 Å². The summed E-state index contributed by atoms with van der Waals surface area (Å²) in [6.45, 7) is 2.66. The fraction of sp³-hybridized carbons (Fsp3) is 0.250. The summed E-state index contributed by atoms with van der Waals surface area (Å²) in [4.78, 5) is 45.5. The lowest BCUT2D eigenvalue weighted by atomic mass is 10.1. The first-order valence-corrected chi connectivity index (χ1v) is 6.85. The number of benzene rings is 1. The molecule has 1 amide bonds. The maximum Gasteiger partial charge on any atom is 0.331 e. The summed E-state index contributed by atoms with van der Waals surface area (Å²) in [5, 5.41) is 2.48. The molecule has 1 N–H and O–H groups in total. The van der Waals surface area contributed by atoms with E-state index in [-0.39, 0.29) is 12.4 Å². The van der Waals surface area contributed by atoms with E-state index in [2.05, 4.69) is 14.8 Å². The van der Waals surface area contributed by atoms with Gasteiger partial charge in [-0.1, -0.05) is 12.1 Å². The Bertz CT molecular complexity index is 635. The quantitative estimate of drug-likeness (QED) is 0.464. The van der Waals surface area contributed by atoms with Crippen molar-refractivity contribution in [2.24, 2.45) is 0 Å². The average molecular weight is 319 g/mol. The molecule has 23 heavy (non-hydrogen) atoms. The Hall–Kier alpha value is -2.96. The van der Waals surface area contributed by atoms with Crippen LogP contribution in [0.25, 0.3) is 0 Å². The van der Waals surface area contributed by atoms with E-state index in [4.69, 9.17) is 0 Å². The summed E-state index contributed by atoms with van der Waals surface area (Å²) >= 11 is 0. The molecule has 0 saturated heterocycles. The number of Topliss-reactive ketones (excluding diaryl/α,β-unsaturated/α-hetero) is 1. The molecule has 7 nitrogen and oxygen atoms in total. The summed E-state index contributed by atoms with van der Waals surface area (Å²) < 4.78 is 9.26. The zero-order valence-corrected chi connectivity index (χ0v) is 12.8. The van der Waals surface area contributed by atoms with E-state index in [9.17, 15) is 19.2 Å². The molecule has 0 aliphatic heterocycles. The molecule has 0 fully saturated rings. The van der Waals surface area contributed by atoms with Crippen molar-refractivity contribution in [1.82, 2.24) is 0 Å². The number of ketones is 1. The van der Waals surface area contributed by atoms with E-state index in [1.165, 1.54) is 6.92 Å². The maximum atomic E-state index is 11.7. The van der Waals surface area contributed by atoms with Crippen LogP contribution in [0.5, 0.6) is 0 Å². The van der Waals surface area contributed by atoms with Crippen LogP contribution in [0.3, 0.4) is 0 Å². The van der Waals surface area contributed by atoms with Crippen molar-refractivity contribution in [3.05, 3.63) is 42.0 Å². The standard InChI is InChI=1S/C16H17NO6/c1-3-22-15(20)8-9-16(21)23-10-14(19)17-13-7-5-4-6-12(13)11(2)18/h4-9H,3,10H2,1-2H3,(H,17,19)/b9-8+. The molecule has 1 rings (SSSR count). The van der Waals surface area contributed by atoms with Crippen molar-refractivity contribution in [2.45, 2.75) is 13.8 Å². The molecule has 0 unspecified atom stereocenters. The highest BCUT2D eigenvalue weighted by Gasteiger charge is 2.11. The first-order chi connectivity index (χ1) is 10.9. The molecule has 0 saturated carbocycles. The third-order valence-electron chi connectivity index (χ3n) is 2.57. The van der Waals surface area contributed by atoms with Crippen molar-refractivity contribution in [3.63, 3.8) is 0 Å². The Labute approximate surface area is 133 Å². The zero-order chi connectivity index (χ0) is 17.2. The lowest BCUT2D eigenvalue weighted by Crippen LogP contribution is -2.21. The first-order valence-electron chi connectivity index (χ1n) is 6.85. The number of hydrogen-bond donors (Lipinski definition) is 1. The third-order valence-corrected chi connectivity index (χ3v) is 2.57. The first kappa shape index (κ1) is 18.1. The van der Waals surface area contributed by atoms with Gasteiger partial charge in [0.25, 0.3) is 5.91 Å². The number of carbonyl (C=O) groups is 4. The lowest BCUT2D eigenvalue weighted by molar-refractivity contribution is -0.143. The Morgan fingerprint density at radius 3 is 2.26 bits per heavy atom. The number of amides is 1. The summed E-state index contributed by atoms with van der Waals surface area (Å²) in [7, 11) is 0. The Morgan fingerprint density at radius 1 is 1.04 bits per heavy atom. The van der Waals surface area contributed by atoms with Gasteiger partial charge in [-0.15, -0.1) is 0 Å². The van der Waals surface area contributed by atoms with Gasteiger partial charge in [-0.25, -0.2) is 9.59 Å². The minimum absolute atomic E-state index is 0.191. The van der Waals surface area contributed by atoms with Crippen LogP contribution in [0.2, 0.25) is 0 Å². The molecule has 0 radical (unpaired) electrons. The van der Waals surface area contributed by atoms with Crippen molar-refractivity contribution in [2.75, 3.05) is 18.5 Å². The zero-order valence-electron chi connectivity index (χ0n) is 12.8. The van der Waals surface area contributed by atoms with E-state index in [0.717, 1.165) is 12.2 Å². The van der Waals surface area contributed by atoms with Crippen LogP contribution in [-0.4, -0.2) is 36.8 Å². The van der Waals surface area contributed by atoms with Gasteiger partial charge in [-0.3, -0.25) is 9.59 Å². The highest BCUT2D eigenvalue weighted by molar-refractivity contribution is 6.04. The van der Waals surface area contributed by atoms with Gasteiger partial charge in [0.2, 0.25) is 0 Å². The predicted octanol–water partition coefficient (Wildman–Crippen LogP) is 1.49. The Kier molecular flexibility index (Phi) is 7.19. The van der Waals surface area contributed by atoms with Gasteiger partial charge in [0.15, 0.2) is 12.4 Å². The number of ether oxygens (including phenoxy) is 2. The van der Waals surface area contributed by atoms with Crippen LogP contribution in [0, 0.1) is 0 Å². The molecule has 1 aromatic rings. The van der Waals surface area contributed by atoms with Gasteiger partial charge >= 0.3 is 11.9 Å². The lowest BCUT2D eigenvalue weighted by Gasteiger charge is -2.08. The smallest absolute Gasteiger partial charge is 0.331 e. The number of hydrogen-bond acceptors (Lipinski definition) is 6. The molecule has 0 bridgehead atoms. The topological polar surface area (TPSA) is 98.8 Å². The number of carbonyl (C=O) groups excluding carboxylic acids is 4. The molecule has 122 valence electrons. The van der Waals surface area contributed by atoms with Gasteiger partial charge in [-0.2, -0.15) is 0 Å². The van der Waals surface area contributed by atoms with Crippen LogP contribution >= 0.6 is 0 Å². The normalized spacial score (nSPS) is 10.2. The number of nitrogens with one attached hydrogen (secondary N) is 1. The SMILES string of the molecule is CCOC(=O)/C=C/C(=O)OCC(=O)Nc1ccccc1C(C)=O. The van der Waals surface area contributed by atoms with E-state index in [1.54, 1.807) is 31.2 Å². The largest absolute Gasteiger partial charge is 0.463 e. The molecule has 0 aliphatic carbocycles. The third kappa shape index (κ3) is 6.56. The molecule has 0 heterocycles. The summed E-state index contributed by atoms with van der Waals surface area (Å²) in [6, 6.07) is 6.48. The van der Waals surface area contributed by atoms with E-state index < -0.39 is 24.5 Å². The van der Waals surface area contributed by atoms with Crippen LogP contribution in [0.1, 0.15) is 24.2 Å². The predicted molar refractivity (Wildman–Crippen MR) is 81.8 cm³/mol. The van der Waals surface area contributed by atoms with Gasteiger partial charge < -0.3 is 14.8 Å². The summed E-state index contributed by atoms with van der Waals surface area (Å²) in [6.07, 6.45) is 1.78. The van der Waals surface area contributed by atoms with Crippen molar-refractivity contribution < 1.29 is 28.7 Å². The minimum Gasteiger partial charge on any atom is -0.463 e. The molecule has 0 atom stereocenters. The van der Waals surface area contributed by atoms with E-state index >= 15 is 0 Å². The van der Waals surface area contributed by atoms with Gasteiger partial charge in [0, 0.05) is 17.7 Å². The average Bonchev–Trinajstić information content (AvgIpc) is 2.51. The van der Waals surface area contributed by atoms with Crippen LogP contribution < -0.4 is 5.32 Å². The van der Waals surface area contributed by atoms with Gasteiger partial charge in [0.05, 0.1) is 12.3 Å². The number of anilines is 1. The molecule has 7 heteroatoms. The van der Waals surface area contributed by atoms with Crippen molar-refractivity contribution in [1.29, 1.82) is 0 Å². The van der Waals surface area contributed by atoms with Gasteiger partial charge in [0.1, 0.15) is 0 Å². The maximum absolute atomic E-state index is 11.7. The Balaban J connectivity index is 2.51. The minimum atomic E-state index is -0.854. The summed E-state index contributed by atoms with van der Waals surface area (Å²) in [5.74, 6) is -2.33. The fourth-order valence-corrected chi connectivity index (χ4v) is 1.60.